The topological polar surface area (TPSA) is 56.3 Å². The molecule has 32 heavy (non-hydrogen) atoms. The first-order valence-electron chi connectivity index (χ1n) is 12.5. The molecule has 3 aromatic rings. The van der Waals surface area contributed by atoms with Gasteiger partial charge >= 0.3 is 0 Å². The van der Waals surface area contributed by atoms with Crippen LogP contribution in [-0.2, 0) is 0 Å². The van der Waals surface area contributed by atoms with Gasteiger partial charge in [-0.2, -0.15) is 0 Å². The molecule has 1 aromatic heterocycles. The highest BCUT2D eigenvalue weighted by Gasteiger charge is 2.14. The lowest BCUT2D eigenvalue weighted by Gasteiger charge is -2.26. The minimum absolute atomic E-state index is 0.893. The Morgan fingerprint density at radius 3 is 1.50 bits per heavy atom. The average molecular weight is 433 g/mol. The van der Waals surface area contributed by atoms with Crippen molar-refractivity contribution in [2.75, 3.05) is 63.0 Å². The number of likely N-dealkylation sites (tertiary alicyclic amines) is 2. The first-order valence-corrected chi connectivity index (χ1v) is 12.5. The Morgan fingerprint density at radius 1 is 0.625 bits per heavy atom. The van der Waals surface area contributed by atoms with E-state index in [9.17, 15) is 0 Å². The molecule has 0 spiro atoms. The summed E-state index contributed by atoms with van der Waals surface area (Å²) < 4.78 is 0. The van der Waals surface area contributed by atoms with Gasteiger partial charge in [0.2, 0.25) is 0 Å². The minimum atomic E-state index is 0.893. The lowest BCUT2D eigenvalue weighted by molar-refractivity contribution is 0.237. The highest BCUT2D eigenvalue weighted by Crippen LogP contribution is 2.30. The Morgan fingerprint density at radius 2 is 1.06 bits per heavy atom. The third-order valence-electron chi connectivity index (χ3n) is 6.98. The summed E-state index contributed by atoms with van der Waals surface area (Å²) in [6.45, 7) is 8.81. The highest BCUT2D eigenvalue weighted by atomic mass is 15.2. The fourth-order valence-electron chi connectivity index (χ4n) is 5.13. The standard InChI is InChI=1S/C26H36N6/c1-5-13-31(14-6-1)17-11-27-25-23-19-21-9-3-4-10-22(21)20-24(23)26(30-29-25)28-12-18-32-15-7-2-8-16-32/h3-4,9-10,19-20H,1-2,5-8,11-18H2,(H,27,29)(H,28,30). The van der Waals surface area contributed by atoms with Crippen molar-refractivity contribution in [2.45, 2.75) is 38.5 Å². The van der Waals surface area contributed by atoms with E-state index in [0.717, 1.165) is 48.6 Å². The van der Waals surface area contributed by atoms with Crippen molar-refractivity contribution < 1.29 is 0 Å². The van der Waals surface area contributed by atoms with Gasteiger partial charge in [0.05, 0.1) is 0 Å². The van der Waals surface area contributed by atoms with Crippen molar-refractivity contribution in [1.29, 1.82) is 0 Å². The SMILES string of the molecule is c1ccc2cc3c(NCCN4CCCCC4)nnc(NCCN4CCCCC4)c3cc2c1. The quantitative estimate of drug-likeness (QED) is 0.508. The van der Waals surface area contributed by atoms with Gasteiger partial charge in [0.25, 0.3) is 0 Å². The number of piperidine rings is 2. The molecule has 0 saturated carbocycles. The molecule has 2 aliphatic rings. The molecule has 0 radical (unpaired) electrons. The molecule has 0 atom stereocenters. The second kappa shape index (κ2) is 10.5. The molecule has 2 aliphatic heterocycles. The van der Waals surface area contributed by atoms with Gasteiger partial charge in [-0.1, -0.05) is 37.1 Å². The second-order valence-corrected chi connectivity index (χ2v) is 9.30. The maximum Gasteiger partial charge on any atom is 0.156 e. The Bertz CT molecular complexity index is 941. The van der Waals surface area contributed by atoms with E-state index < -0.39 is 0 Å². The number of hydrogen-bond acceptors (Lipinski definition) is 6. The van der Waals surface area contributed by atoms with Crippen LogP contribution in [0.4, 0.5) is 11.6 Å². The number of nitrogens with one attached hydrogen (secondary N) is 2. The van der Waals surface area contributed by atoms with Crippen LogP contribution in [0.1, 0.15) is 38.5 Å². The molecule has 170 valence electrons. The Balaban J connectivity index is 1.34. The Labute approximate surface area is 191 Å². The van der Waals surface area contributed by atoms with Crippen molar-refractivity contribution in [1.82, 2.24) is 20.0 Å². The van der Waals surface area contributed by atoms with Crippen LogP contribution in [0.3, 0.4) is 0 Å². The highest BCUT2D eigenvalue weighted by molar-refractivity contribution is 6.06. The zero-order chi connectivity index (χ0) is 21.6. The number of fused-ring (bicyclic) bond motifs is 2. The zero-order valence-electron chi connectivity index (χ0n) is 19.2. The molecule has 2 N–H and O–H groups in total. The van der Waals surface area contributed by atoms with Crippen LogP contribution in [0.15, 0.2) is 36.4 Å². The second-order valence-electron chi connectivity index (χ2n) is 9.30. The normalized spacial score (nSPS) is 18.2. The first kappa shape index (κ1) is 21.4. The lowest BCUT2D eigenvalue weighted by atomic mass is 10.0. The number of anilines is 2. The molecule has 6 nitrogen and oxygen atoms in total. The molecular formula is C26H36N6. The number of hydrogen-bond donors (Lipinski definition) is 2. The van der Waals surface area contributed by atoms with E-state index in [2.05, 4.69) is 67.0 Å². The summed E-state index contributed by atoms with van der Waals surface area (Å²) >= 11 is 0. The molecule has 2 fully saturated rings. The third-order valence-corrected chi connectivity index (χ3v) is 6.98. The van der Waals surface area contributed by atoms with Crippen LogP contribution in [0.5, 0.6) is 0 Å². The van der Waals surface area contributed by atoms with Crippen LogP contribution in [0.2, 0.25) is 0 Å². The summed E-state index contributed by atoms with van der Waals surface area (Å²) in [5.74, 6) is 1.79. The van der Waals surface area contributed by atoms with E-state index in [0.29, 0.717) is 0 Å². The van der Waals surface area contributed by atoms with Crippen LogP contribution in [0, 0.1) is 0 Å². The minimum Gasteiger partial charge on any atom is -0.367 e. The van der Waals surface area contributed by atoms with E-state index in [4.69, 9.17) is 0 Å². The van der Waals surface area contributed by atoms with Gasteiger partial charge in [-0.15, -0.1) is 10.2 Å². The predicted octanol–water partition coefficient (Wildman–Crippen LogP) is 4.58. The van der Waals surface area contributed by atoms with Crippen molar-refractivity contribution in [3.63, 3.8) is 0 Å². The summed E-state index contributed by atoms with van der Waals surface area (Å²) in [6.07, 6.45) is 8.05. The molecular weight excluding hydrogens is 396 g/mol. The van der Waals surface area contributed by atoms with E-state index >= 15 is 0 Å². The van der Waals surface area contributed by atoms with Crippen molar-refractivity contribution in [2.24, 2.45) is 0 Å². The molecule has 5 rings (SSSR count). The van der Waals surface area contributed by atoms with E-state index in [-0.39, 0.29) is 0 Å². The third kappa shape index (κ3) is 5.13. The average Bonchev–Trinajstić information content (AvgIpc) is 2.85. The van der Waals surface area contributed by atoms with Gasteiger partial charge in [-0.25, -0.2) is 0 Å². The van der Waals surface area contributed by atoms with Gasteiger partial charge in [0.15, 0.2) is 11.6 Å². The van der Waals surface area contributed by atoms with Gasteiger partial charge < -0.3 is 20.4 Å². The molecule has 0 bridgehead atoms. The number of nitrogens with zero attached hydrogens (tertiary/aromatic N) is 4. The summed E-state index contributed by atoms with van der Waals surface area (Å²) in [5.41, 5.74) is 0. The van der Waals surface area contributed by atoms with Gasteiger partial charge in [-0.3, -0.25) is 0 Å². The van der Waals surface area contributed by atoms with E-state index in [1.165, 1.54) is 75.5 Å². The summed E-state index contributed by atoms with van der Waals surface area (Å²) in [4.78, 5) is 5.11. The monoisotopic (exact) mass is 432 g/mol. The van der Waals surface area contributed by atoms with Crippen molar-refractivity contribution in [3.8, 4) is 0 Å². The van der Waals surface area contributed by atoms with Gasteiger partial charge in [0.1, 0.15) is 0 Å². The van der Waals surface area contributed by atoms with Gasteiger partial charge in [-0.05, 0) is 74.8 Å². The van der Waals surface area contributed by atoms with Crippen LogP contribution in [0.25, 0.3) is 21.5 Å². The van der Waals surface area contributed by atoms with E-state index in [1.807, 2.05) is 0 Å². The molecule has 0 amide bonds. The maximum atomic E-state index is 4.61. The fraction of sp³-hybridized carbons (Fsp3) is 0.538. The molecule has 3 heterocycles. The first-order chi connectivity index (χ1) is 15.9. The van der Waals surface area contributed by atoms with Crippen LogP contribution < -0.4 is 10.6 Å². The summed E-state index contributed by atoms with van der Waals surface area (Å²) in [7, 11) is 0. The van der Waals surface area contributed by atoms with Crippen LogP contribution in [-0.4, -0.2) is 72.4 Å². The number of aromatic nitrogens is 2. The molecule has 2 aromatic carbocycles. The fourth-order valence-corrected chi connectivity index (χ4v) is 5.13. The molecule has 0 unspecified atom stereocenters. The predicted molar refractivity (Wildman–Crippen MR) is 135 cm³/mol. The Kier molecular flexibility index (Phi) is 6.99. The Hall–Kier alpha value is -2.44. The smallest absolute Gasteiger partial charge is 0.156 e. The summed E-state index contributed by atoms with van der Waals surface area (Å²) in [6, 6.07) is 13.1. The van der Waals surface area contributed by atoms with E-state index in [1.54, 1.807) is 0 Å². The van der Waals surface area contributed by atoms with Crippen molar-refractivity contribution >= 4 is 33.2 Å². The lowest BCUT2D eigenvalue weighted by Crippen LogP contribution is -2.34. The maximum absolute atomic E-state index is 4.61. The number of benzene rings is 2. The van der Waals surface area contributed by atoms with Crippen LogP contribution >= 0.6 is 0 Å². The molecule has 2 saturated heterocycles. The largest absolute Gasteiger partial charge is 0.367 e. The molecule has 0 aliphatic carbocycles. The zero-order valence-corrected chi connectivity index (χ0v) is 19.2. The molecule has 6 heteroatoms. The summed E-state index contributed by atoms with van der Waals surface area (Å²) in [5, 5.41) is 21.2. The number of rotatable bonds is 8. The van der Waals surface area contributed by atoms with Crippen molar-refractivity contribution in [3.05, 3.63) is 36.4 Å². The van der Waals surface area contributed by atoms with Gasteiger partial charge in [0, 0.05) is 37.0 Å².